The molecule has 1 aliphatic rings. The van der Waals surface area contributed by atoms with Gasteiger partial charge in [0.2, 0.25) is 5.95 Å². The molecule has 0 radical (unpaired) electrons. The van der Waals surface area contributed by atoms with Gasteiger partial charge in [-0.15, -0.1) is 13.2 Å². The number of hydrogen-bond donors (Lipinski definition) is 3. The van der Waals surface area contributed by atoms with Crippen LogP contribution in [0.3, 0.4) is 0 Å². The van der Waals surface area contributed by atoms with Gasteiger partial charge < -0.3 is 20.5 Å². The van der Waals surface area contributed by atoms with E-state index < -0.39 is 6.36 Å². The van der Waals surface area contributed by atoms with Gasteiger partial charge in [0.25, 0.3) is 0 Å². The number of nitrogens with one attached hydrogen (secondary N) is 2. The molecular formula is C23H23F3N4O2. The van der Waals surface area contributed by atoms with Crippen molar-refractivity contribution < 1.29 is 23.0 Å². The highest BCUT2D eigenvalue weighted by molar-refractivity contribution is 5.68. The van der Waals surface area contributed by atoms with Gasteiger partial charge >= 0.3 is 6.36 Å². The number of aromatic nitrogens is 2. The van der Waals surface area contributed by atoms with Gasteiger partial charge in [0.05, 0.1) is 5.69 Å². The average Bonchev–Trinajstić information content (AvgIpc) is 2.73. The molecule has 0 saturated heterocycles. The monoisotopic (exact) mass is 444 g/mol. The Morgan fingerprint density at radius 2 is 1.72 bits per heavy atom. The lowest BCUT2D eigenvalue weighted by Gasteiger charge is -2.23. The molecule has 1 fully saturated rings. The summed E-state index contributed by atoms with van der Waals surface area (Å²) in [7, 11) is 0. The van der Waals surface area contributed by atoms with Crippen LogP contribution < -0.4 is 15.4 Å². The lowest BCUT2D eigenvalue weighted by atomic mass is 9.96. The quantitative estimate of drug-likeness (QED) is 0.418. The van der Waals surface area contributed by atoms with Crippen LogP contribution in [0.5, 0.6) is 11.5 Å². The van der Waals surface area contributed by atoms with E-state index in [1.165, 1.54) is 24.6 Å². The number of alkyl halides is 3. The maximum absolute atomic E-state index is 12.7. The van der Waals surface area contributed by atoms with E-state index in [1.54, 1.807) is 36.4 Å². The number of benzene rings is 2. The second kappa shape index (κ2) is 9.33. The summed E-state index contributed by atoms with van der Waals surface area (Å²) in [5.41, 5.74) is 1.51. The van der Waals surface area contributed by atoms with Crippen molar-refractivity contribution in [3.8, 4) is 22.8 Å². The fourth-order valence-corrected chi connectivity index (χ4v) is 3.74. The molecule has 2 aromatic carbocycles. The van der Waals surface area contributed by atoms with E-state index in [4.69, 9.17) is 0 Å². The number of aromatic hydroxyl groups is 1. The highest BCUT2D eigenvalue weighted by Gasteiger charge is 2.31. The zero-order valence-corrected chi connectivity index (χ0v) is 17.2. The molecule has 4 rings (SSSR count). The van der Waals surface area contributed by atoms with Crippen LogP contribution in [0.4, 0.5) is 30.6 Å². The van der Waals surface area contributed by atoms with Crippen molar-refractivity contribution in [3.63, 3.8) is 0 Å². The molecular weight excluding hydrogens is 421 g/mol. The highest BCUT2D eigenvalue weighted by Crippen LogP contribution is 2.30. The Labute approximate surface area is 183 Å². The highest BCUT2D eigenvalue weighted by atomic mass is 19.4. The van der Waals surface area contributed by atoms with Crippen LogP contribution in [0.25, 0.3) is 11.3 Å². The molecule has 3 N–H and O–H groups in total. The summed E-state index contributed by atoms with van der Waals surface area (Å²) in [5, 5.41) is 16.2. The zero-order chi connectivity index (χ0) is 22.6. The Balaban J connectivity index is 1.67. The molecule has 0 atom stereocenters. The van der Waals surface area contributed by atoms with Crippen molar-refractivity contribution in [1.82, 2.24) is 9.97 Å². The largest absolute Gasteiger partial charge is 0.573 e. The Morgan fingerprint density at radius 3 is 2.47 bits per heavy atom. The smallest absolute Gasteiger partial charge is 0.508 e. The number of ether oxygens (including phenoxy) is 1. The van der Waals surface area contributed by atoms with Gasteiger partial charge in [0, 0.05) is 29.4 Å². The maximum atomic E-state index is 12.7. The Bertz CT molecular complexity index is 1070. The molecule has 0 unspecified atom stereocenters. The number of nitrogens with zero attached hydrogens (tertiary/aromatic N) is 2. The summed E-state index contributed by atoms with van der Waals surface area (Å²) >= 11 is 0. The van der Waals surface area contributed by atoms with Gasteiger partial charge in [-0.25, -0.2) is 4.98 Å². The van der Waals surface area contributed by atoms with Gasteiger partial charge in [-0.1, -0.05) is 37.5 Å². The van der Waals surface area contributed by atoms with Crippen LogP contribution in [-0.2, 0) is 0 Å². The van der Waals surface area contributed by atoms with Crippen molar-refractivity contribution in [1.29, 1.82) is 0 Å². The van der Waals surface area contributed by atoms with Gasteiger partial charge in [-0.2, -0.15) is 4.98 Å². The molecule has 168 valence electrons. The predicted molar refractivity (Wildman–Crippen MR) is 116 cm³/mol. The fraction of sp³-hybridized carbons (Fsp3) is 0.304. The van der Waals surface area contributed by atoms with Gasteiger partial charge in [0.1, 0.15) is 17.3 Å². The molecule has 1 aliphatic carbocycles. The molecule has 1 heterocycles. The number of halogens is 3. The SMILES string of the molecule is Oc1cccc(Nc2cc(-c3cccc(OC(F)(F)F)c3)nc(NC3CCCCC3)n2)c1. The van der Waals surface area contributed by atoms with Crippen LogP contribution in [0.2, 0.25) is 0 Å². The predicted octanol–water partition coefficient (Wildman–Crippen LogP) is 6.24. The van der Waals surface area contributed by atoms with E-state index in [0.717, 1.165) is 25.7 Å². The summed E-state index contributed by atoms with van der Waals surface area (Å²) in [5.74, 6) is 0.611. The fourth-order valence-electron chi connectivity index (χ4n) is 3.74. The molecule has 1 aromatic heterocycles. The zero-order valence-electron chi connectivity index (χ0n) is 17.2. The van der Waals surface area contributed by atoms with Gasteiger partial charge in [-0.3, -0.25) is 0 Å². The first-order valence-electron chi connectivity index (χ1n) is 10.4. The number of anilines is 3. The molecule has 1 saturated carbocycles. The normalized spacial score (nSPS) is 14.7. The van der Waals surface area contributed by atoms with Gasteiger partial charge in [0.15, 0.2) is 0 Å². The second-order valence-corrected chi connectivity index (χ2v) is 7.69. The standard InChI is InChI=1S/C23H23F3N4O2/c24-23(25,26)32-19-11-4-6-15(12-19)20-14-21(27-17-9-5-10-18(31)13-17)30-22(29-20)28-16-7-2-1-3-8-16/h4-6,9-14,16,31H,1-3,7-8H2,(H2,27,28,29,30). The van der Waals surface area contributed by atoms with Crippen LogP contribution in [-0.4, -0.2) is 27.5 Å². The minimum Gasteiger partial charge on any atom is -0.508 e. The van der Waals surface area contributed by atoms with Crippen molar-refractivity contribution in [2.75, 3.05) is 10.6 Å². The average molecular weight is 444 g/mol. The van der Waals surface area contributed by atoms with E-state index in [-0.39, 0.29) is 17.5 Å². The number of phenols is 1. The molecule has 0 bridgehead atoms. The van der Waals surface area contributed by atoms with E-state index >= 15 is 0 Å². The third-order valence-corrected chi connectivity index (χ3v) is 5.15. The van der Waals surface area contributed by atoms with E-state index in [1.807, 2.05) is 0 Å². The topological polar surface area (TPSA) is 79.3 Å². The number of hydrogen-bond acceptors (Lipinski definition) is 6. The van der Waals surface area contributed by atoms with Crippen molar-refractivity contribution in [3.05, 3.63) is 54.6 Å². The van der Waals surface area contributed by atoms with Crippen molar-refractivity contribution in [2.45, 2.75) is 44.5 Å². The molecule has 0 amide bonds. The third-order valence-electron chi connectivity index (χ3n) is 5.15. The lowest BCUT2D eigenvalue weighted by molar-refractivity contribution is -0.274. The van der Waals surface area contributed by atoms with Gasteiger partial charge in [-0.05, 0) is 37.1 Å². The molecule has 9 heteroatoms. The Hall–Kier alpha value is -3.49. The number of phenolic OH excluding ortho intramolecular Hbond substituents is 1. The molecule has 0 aliphatic heterocycles. The molecule has 0 spiro atoms. The summed E-state index contributed by atoms with van der Waals surface area (Å²) in [6.07, 6.45) is 0.705. The van der Waals surface area contributed by atoms with Crippen LogP contribution in [0, 0.1) is 0 Å². The first kappa shape index (κ1) is 21.7. The third kappa shape index (κ3) is 6.03. The number of rotatable bonds is 6. The molecule has 6 nitrogen and oxygen atoms in total. The molecule has 32 heavy (non-hydrogen) atoms. The van der Waals surface area contributed by atoms with Crippen LogP contribution >= 0.6 is 0 Å². The van der Waals surface area contributed by atoms with Crippen molar-refractivity contribution >= 4 is 17.5 Å². The first-order valence-corrected chi connectivity index (χ1v) is 10.4. The van der Waals surface area contributed by atoms with Crippen LogP contribution in [0.1, 0.15) is 32.1 Å². The van der Waals surface area contributed by atoms with Crippen molar-refractivity contribution in [2.24, 2.45) is 0 Å². The Kier molecular flexibility index (Phi) is 6.34. The minimum absolute atomic E-state index is 0.0989. The van der Waals surface area contributed by atoms with Crippen LogP contribution in [0.15, 0.2) is 54.6 Å². The lowest BCUT2D eigenvalue weighted by Crippen LogP contribution is -2.23. The maximum Gasteiger partial charge on any atom is 0.573 e. The second-order valence-electron chi connectivity index (χ2n) is 7.69. The summed E-state index contributed by atoms with van der Waals surface area (Å²) in [4.78, 5) is 9.08. The first-order chi connectivity index (χ1) is 15.3. The molecule has 3 aromatic rings. The Morgan fingerprint density at radius 1 is 0.938 bits per heavy atom. The van der Waals surface area contributed by atoms with E-state index in [2.05, 4.69) is 25.3 Å². The minimum atomic E-state index is -4.78. The summed E-state index contributed by atoms with van der Waals surface area (Å²) in [6.45, 7) is 0. The summed E-state index contributed by atoms with van der Waals surface area (Å²) < 4.78 is 42.0. The summed E-state index contributed by atoms with van der Waals surface area (Å²) in [6, 6.07) is 14.1. The van der Waals surface area contributed by atoms with E-state index in [9.17, 15) is 18.3 Å². The van der Waals surface area contributed by atoms with E-state index in [0.29, 0.717) is 28.7 Å².